The third-order valence-corrected chi connectivity index (χ3v) is 6.62. The second-order valence-corrected chi connectivity index (χ2v) is 8.18. The Labute approximate surface area is 167 Å². The number of fused-ring (bicyclic) bond motifs is 5. The van der Waals surface area contributed by atoms with Crippen LogP contribution in [-0.4, -0.2) is 41.7 Å². The number of anilines is 1. The van der Waals surface area contributed by atoms with Crippen LogP contribution in [0.15, 0.2) is 18.2 Å². The molecule has 1 aromatic rings. The zero-order valence-electron chi connectivity index (χ0n) is 15.4. The molecule has 4 rings (SSSR count). The van der Waals surface area contributed by atoms with Crippen molar-refractivity contribution in [3.05, 3.63) is 28.8 Å². The minimum Gasteiger partial charge on any atom is -0.454 e. The van der Waals surface area contributed by atoms with E-state index in [4.69, 9.17) is 16.3 Å². The number of esters is 1. The molecule has 2 bridgehead atoms. The van der Waals surface area contributed by atoms with Crippen LogP contribution in [0, 0.1) is 30.6 Å². The van der Waals surface area contributed by atoms with Crippen LogP contribution < -0.4 is 5.32 Å². The monoisotopic (exact) mass is 404 g/mol. The van der Waals surface area contributed by atoms with E-state index in [1.165, 1.54) is 0 Å². The van der Waals surface area contributed by atoms with E-state index in [0.717, 1.165) is 24.2 Å². The van der Waals surface area contributed by atoms with Crippen LogP contribution in [0.3, 0.4) is 0 Å². The summed E-state index contributed by atoms with van der Waals surface area (Å²) >= 11 is 6.01. The number of amides is 3. The van der Waals surface area contributed by atoms with E-state index in [2.05, 4.69) is 5.32 Å². The molecule has 0 spiro atoms. The maximum Gasteiger partial charge on any atom is 0.326 e. The lowest BCUT2D eigenvalue weighted by molar-refractivity contribution is -0.154. The number of halogens is 1. The number of nitrogens with zero attached hydrogens (tertiary/aromatic N) is 1. The quantitative estimate of drug-likeness (QED) is 0.599. The molecule has 148 valence electrons. The summed E-state index contributed by atoms with van der Waals surface area (Å²) in [6.45, 7) is 0.825. The van der Waals surface area contributed by atoms with Crippen molar-refractivity contribution in [2.75, 3.05) is 18.5 Å². The summed E-state index contributed by atoms with van der Waals surface area (Å²) in [6, 6.07) is 5.10. The highest BCUT2D eigenvalue weighted by Gasteiger charge is 2.61. The maximum atomic E-state index is 12.6. The summed E-state index contributed by atoms with van der Waals surface area (Å²) in [5, 5.41) is 3.14. The molecule has 4 atom stereocenters. The standard InChI is InChI=1S/C20H21ClN2O5/c1-10-13(21)3-2-4-14(10)22-15(24)9-28-16(25)8-23-19(26)17-11-5-6-12(7-11)18(17)20(23)27/h2-4,11-12,17-18H,5-9H2,1H3,(H,22,24)/t11-,12-,17-,18+/m0/s1. The number of carbonyl (C=O) groups is 4. The van der Waals surface area contributed by atoms with Gasteiger partial charge in [-0.15, -0.1) is 0 Å². The molecule has 1 aliphatic heterocycles. The Hall–Kier alpha value is -2.41. The van der Waals surface area contributed by atoms with Gasteiger partial charge in [0.25, 0.3) is 5.91 Å². The SMILES string of the molecule is Cc1c(Cl)cccc1NC(=O)COC(=O)CN1C(=O)[C@@H]2[C@H]3CC[C@@H](C3)[C@@H]2C1=O. The van der Waals surface area contributed by atoms with Crippen molar-refractivity contribution in [1.82, 2.24) is 4.90 Å². The molecule has 28 heavy (non-hydrogen) atoms. The Morgan fingerprint density at radius 1 is 1.18 bits per heavy atom. The van der Waals surface area contributed by atoms with Crippen molar-refractivity contribution in [1.29, 1.82) is 0 Å². The fourth-order valence-electron chi connectivity index (χ4n) is 4.88. The number of likely N-dealkylation sites (tertiary alicyclic amines) is 1. The maximum absolute atomic E-state index is 12.6. The Morgan fingerprint density at radius 3 is 2.46 bits per heavy atom. The van der Waals surface area contributed by atoms with E-state index in [1.54, 1.807) is 25.1 Å². The number of imide groups is 1. The normalized spacial score (nSPS) is 27.9. The third kappa shape index (κ3) is 3.17. The van der Waals surface area contributed by atoms with Crippen LogP contribution >= 0.6 is 11.6 Å². The first-order valence-electron chi connectivity index (χ1n) is 9.42. The van der Waals surface area contributed by atoms with Gasteiger partial charge in [-0.1, -0.05) is 17.7 Å². The average Bonchev–Trinajstić information content (AvgIpc) is 3.34. The zero-order chi connectivity index (χ0) is 20.0. The molecule has 1 aromatic carbocycles. The van der Waals surface area contributed by atoms with E-state index < -0.39 is 25.0 Å². The van der Waals surface area contributed by atoms with Crippen LogP contribution in [0.25, 0.3) is 0 Å². The van der Waals surface area contributed by atoms with Crippen molar-refractivity contribution in [3.8, 4) is 0 Å². The first kappa shape index (κ1) is 18.9. The summed E-state index contributed by atoms with van der Waals surface area (Å²) in [5.74, 6) is -1.84. The number of nitrogens with one attached hydrogen (secondary N) is 1. The molecule has 0 unspecified atom stereocenters. The van der Waals surface area contributed by atoms with Crippen molar-refractivity contribution >= 4 is 41.0 Å². The lowest BCUT2D eigenvalue weighted by Crippen LogP contribution is -2.38. The molecule has 8 heteroatoms. The van der Waals surface area contributed by atoms with E-state index in [0.29, 0.717) is 16.3 Å². The van der Waals surface area contributed by atoms with Crippen molar-refractivity contribution < 1.29 is 23.9 Å². The molecular formula is C20H21ClN2O5. The molecule has 1 N–H and O–H groups in total. The molecule has 3 amide bonds. The fourth-order valence-corrected chi connectivity index (χ4v) is 5.05. The summed E-state index contributed by atoms with van der Waals surface area (Å²) in [7, 11) is 0. The fraction of sp³-hybridized carbons (Fsp3) is 0.500. The number of carbonyl (C=O) groups excluding carboxylic acids is 4. The molecule has 0 aromatic heterocycles. The first-order chi connectivity index (χ1) is 13.4. The van der Waals surface area contributed by atoms with Gasteiger partial charge < -0.3 is 10.1 Å². The van der Waals surface area contributed by atoms with Gasteiger partial charge >= 0.3 is 5.97 Å². The number of hydrogen-bond donors (Lipinski definition) is 1. The summed E-state index contributed by atoms with van der Waals surface area (Å²) in [6.07, 6.45) is 2.90. The van der Waals surface area contributed by atoms with E-state index in [9.17, 15) is 19.2 Å². The van der Waals surface area contributed by atoms with Crippen molar-refractivity contribution in [2.45, 2.75) is 26.2 Å². The van der Waals surface area contributed by atoms with Gasteiger partial charge in [-0.05, 0) is 55.7 Å². The highest BCUT2D eigenvalue weighted by molar-refractivity contribution is 6.31. The van der Waals surface area contributed by atoms with Crippen LogP contribution in [0.2, 0.25) is 5.02 Å². The molecule has 0 radical (unpaired) electrons. The van der Waals surface area contributed by atoms with Crippen LogP contribution in [0.1, 0.15) is 24.8 Å². The second kappa shape index (κ2) is 7.20. The van der Waals surface area contributed by atoms with Crippen LogP contribution in [0.5, 0.6) is 0 Å². The minimum atomic E-state index is -0.771. The van der Waals surface area contributed by atoms with E-state index >= 15 is 0 Å². The van der Waals surface area contributed by atoms with Gasteiger partial charge in [0, 0.05) is 10.7 Å². The largest absolute Gasteiger partial charge is 0.454 e. The smallest absolute Gasteiger partial charge is 0.326 e. The van der Waals surface area contributed by atoms with Gasteiger partial charge in [0.2, 0.25) is 11.8 Å². The predicted octanol–water partition coefficient (Wildman–Crippen LogP) is 2.16. The van der Waals surface area contributed by atoms with Gasteiger partial charge in [-0.25, -0.2) is 0 Å². The van der Waals surface area contributed by atoms with Gasteiger partial charge in [0.15, 0.2) is 6.61 Å². The lowest BCUT2D eigenvalue weighted by atomic mass is 9.81. The topological polar surface area (TPSA) is 92.8 Å². The first-order valence-corrected chi connectivity index (χ1v) is 9.80. The predicted molar refractivity (Wildman–Crippen MR) is 100 cm³/mol. The summed E-state index contributed by atoms with van der Waals surface area (Å²) in [4.78, 5) is 50.3. The third-order valence-electron chi connectivity index (χ3n) is 6.21. The van der Waals surface area contributed by atoms with Crippen LogP contribution in [-0.2, 0) is 23.9 Å². The molecule has 7 nitrogen and oxygen atoms in total. The van der Waals surface area contributed by atoms with Crippen molar-refractivity contribution in [3.63, 3.8) is 0 Å². The molecular weight excluding hydrogens is 384 g/mol. The molecule has 1 saturated heterocycles. The molecule has 2 aliphatic carbocycles. The number of benzene rings is 1. The molecule has 1 heterocycles. The number of ether oxygens (including phenoxy) is 1. The van der Waals surface area contributed by atoms with E-state index in [-0.39, 0.29) is 35.5 Å². The Morgan fingerprint density at radius 2 is 1.82 bits per heavy atom. The van der Waals surface area contributed by atoms with Gasteiger partial charge in [-0.3, -0.25) is 24.1 Å². The zero-order valence-corrected chi connectivity index (χ0v) is 16.2. The number of hydrogen-bond acceptors (Lipinski definition) is 5. The molecule has 2 saturated carbocycles. The highest BCUT2D eigenvalue weighted by atomic mass is 35.5. The summed E-state index contributed by atoms with van der Waals surface area (Å²) < 4.78 is 4.97. The molecule has 3 fully saturated rings. The minimum absolute atomic E-state index is 0.263. The van der Waals surface area contributed by atoms with Gasteiger partial charge in [-0.2, -0.15) is 0 Å². The Bertz CT molecular complexity index is 842. The molecule has 3 aliphatic rings. The van der Waals surface area contributed by atoms with Crippen molar-refractivity contribution in [2.24, 2.45) is 23.7 Å². The van der Waals surface area contributed by atoms with E-state index in [1.807, 2.05) is 0 Å². The van der Waals surface area contributed by atoms with Gasteiger partial charge in [0.05, 0.1) is 11.8 Å². The Balaban J connectivity index is 1.30. The summed E-state index contributed by atoms with van der Waals surface area (Å²) in [5.41, 5.74) is 1.24. The van der Waals surface area contributed by atoms with Crippen LogP contribution in [0.4, 0.5) is 5.69 Å². The Kier molecular flexibility index (Phi) is 4.87. The lowest BCUT2D eigenvalue weighted by Gasteiger charge is -2.19. The number of rotatable bonds is 5. The second-order valence-electron chi connectivity index (χ2n) is 7.77. The van der Waals surface area contributed by atoms with Gasteiger partial charge in [0.1, 0.15) is 6.54 Å². The average molecular weight is 405 g/mol. The highest BCUT2D eigenvalue weighted by Crippen LogP contribution is 2.56.